The SMILES string of the molecule is Cc1cc(C(C)Nc2nc(C(C)C)nc(Cl)c2C)c(C)s1. The van der Waals surface area contributed by atoms with Crippen LogP contribution < -0.4 is 5.32 Å². The summed E-state index contributed by atoms with van der Waals surface area (Å²) in [7, 11) is 0. The van der Waals surface area contributed by atoms with Crippen molar-refractivity contribution in [3.63, 3.8) is 0 Å². The van der Waals surface area contributed by atoms with Gasteiger partial charge in [0.1, 0.15) is 16.8 Å². The Bertz CT molecular complexity index is 649. The van der Waals surface area contributed by atoms with Crippen molar-refractivity contribution in [3.05, 3.63) is 37.9 Å². The zero-order valence-corrected chi connectivity index (χ0v) is 15.0. The van der Waals surface area contributed by atoms with Crippen LogP contribution in [0, 0.1) is 20.8 Å². The van der Waals surface area contributed by atoms with Crippen LogP contribution in [0.25, 0.3) is 0 Å². The molecule has 0 spiro atoms. The normalized spacial score (nSPS) is 12.8. The summed E-state index contributed by atoms with van der Waals surface area (Å²) < 4.78 is 0. The second-order valence-corrected chi connectivity index (χ2v) is 7.55. The molecule has 1 atom stereocenters. The zero-order chi connectivity index (χ0) is 15.7. The third kappa shape index (κ3) is 3.55. The van der Waals surface area contributed by atoms with Crippen LogP contribution in [0.15, 0.2) is 6.07 Å². The molecule has 0 radical (unpaired) electrons. The number of rotatable bonds is 4. The Morgan fingerprint density at radius 3 is 2.33 bits per heavy atom. The molecule has 21 heavy (non-hydrogen) atoms. The number of hydrogen-bond acceptors (Lipinski definition) is 4. The van der Waals surface area contributed by atoms with E-state index >= 15 is 0 Å². The van der Waals surface area contributed by atoms with E-state index in [1.54, 1.807) is 0 Å². The molecular formula is C16H22ClN3S. The topological polar surface area (TPSA) is 37.8 Å². The number of aromatic nitrogens is 2. The fourth-order valence-corrected chi connectivity index (χ4v) is 3.47. The maximum atomic E-state index is 6.24. The van der Waals surface area contributed by atoms with Crippen molar-refractivity contribution in [2.75, 3.05) is 5.32 Å². The van der Waals surface area contributed by atoms with Crippen LogP contribution in [0.1, 0.15) is 59.4 Å². The molecule has 0 fully saturated rings. The molecule has 0 amide bonds. The fraction of sp³-hybridized carbons (Fsp3) is 0.500. The fourth-order valence-electron chi connectivity index (χ4n) is 2.27. The molecule has 5 heteroatoms. The van der Waals surface area contributed by atoms with E-state index in [2.05, 4.69) is 56.0 Å². The van der Waals surface area contributed by atoms with Crippen molar-refractivity contribution in [2.24, 2.45) is 0 Å². The van der Waals surface area contributed by atoms with Crippen molar-refractivity contribution in [1.82, 2.24) is 9.97 Å². The minimum Gasteiger partial charge on any atom is -0.363 e. The maximum Gasteiger partial charge on any atom is 0.137 e. The molecule has 2 aromatic heterocycles. The van der Waals surface area contributed by atoms with Gasteiger partial charge in [-0.3, -0.25) is 0 Å². The predicted octanol–water partition coefficient (Wildman–Crippen LogP) is 5.41. The molecule has 0 bridgehead atoms. The van der Waals surface area contributed by atoms with Gasteiger partial charge in [-0.2, -0.15) is 0 Å². The lowest BCUT2D eigenvalue weighted by molar-refractivity contribution is 0.765. The van der Waals surface area contributed by atoms with Crippen LogP contribution in [0.3, 0.4) is 0 Å². The van der Waals surface area contributed by atoms with Gasteiger partial charge < -0.3 is 5.32 Å². The Kier molecular flexibility index (Phi) is 4.89. The van der Waals surface area contributed by atoms with E-state index in [1.807, 2.05) is 18.3 Å². The first-order chi connectivity index (χ1) is 9.79. The van der Waals surface area contributed by atoms with Gasteiger partial charge in [-0.1, -0.05) is 25.4 Å². The van der Waals surface area contributed by atoms with E-state index in [9.17, 15) is 0 Å². The van der Waals surface area contributed by atoms with E-state index in [0.717, 1.165) is 17.2 Å². The number of hydrogen-bond donors (Lipinski definition) is 1. The number of anilines is 1. The van der Waals surface area contributed by atoms with Gasteiger partial charge >= 0.3 is 0 Å². The third-order valence-corrected chi connectivity index (χ3v) is 4.87. The largest absolute Gasteiger partial charge is 0.363 e. The molecule has 2 aromatic rings. The third-order valence-electron chi connectivity index (χ3n) is 3.52. The maximum absolute atomic E-state index is 6.24. The molecule has 0 aliphatic heterocycles. The Hall–Kier alpha value is -1.13. The molecule has 2 rings (SSSR count). The van der Waals surface area contributed by atoms with Gasteiger partial charge in [-0.15, -0.1) is 11.3 Å². The van der Waals surface area contributed by atoms with E-state index < -0.39 is 0 Å². The Labute approximate surface area is 135 Å². The molecule has 2 heterocycles. The van der Waals surface area contributed by atoms with Crippen molar-refractivity contribution in [3.8, 4) is 0 Å². The molecule has 0 aliphatic rings. The lowest BCUT2D eigenvalue weighted by Gasteiger charge is -2.18. The van der Waals surface area contributed by atoms with Crippen LogP contribution in [-0.4, -0.2) is 9.97 Å². The van der Waals surface area contributed by atoms with Crippen molar-refractivity contribution in [2.45, 2.75) is 53.5 Å². The average molecular weight is 324 g/mol. The minimum atomic E-state index is 0.194. The van der Waals surface area contributed by atoms with Gasteiger partial charge in [0.05, 0.1) is 6.04 Å². The smallest absolute Gasteiger partial charge is 0.137 e. The van der Waals surface area contributed by atoms with Crippen molar-refractivity contribution >= 4 is 28.8 Å². The first-order valence-electron chi connectivity index (χ1n) is 7.17. The van der Waals surface area contributed by atoms with Gasteiger partial charge in [0.2, 0.25) is 0 Å². The van der Waals surface area contributed by atoms with Crippen LogP contribution in [0.4, 0.5) is 5.82 Å². The Morgan fingerprint density at radius 1 is 1.14 bits per heavy atom. The Balaban J connectivity index is 2.32. The molecule has 0 aromatic carbocycles. The summed E-state index contributed by atoms with van der Waals surface area (Å²) >= 11 is 8.06. The Morgan fingerprint density at radius 2 is 1.81 bits per heavy atom. The summed E-state index contributed by atoms with van der Waals surface area (Å²) in [5, 5.41) is 4.02. The summed E-state index contributed by atoms with van der Waals surface area (Å²) in [4.78, 5) is 11.7. The summed E-state index contributed by atoms with van der Waals surface area (Å²) in [5.41, 5.74) is 2.22. The van der Waals surface area contributed by atoms with E-state index in [-0.39, 0.29) is 12.0 Å². The molecule has 1 unspecified atom stereocenters. The number of aryl methyl sites for hydroxylation is 2. The van der Waals surface area contributed by atoms with Gasteiger partial charge in [0.25, 0.3) is 0 Å². The lowest BCUT2D eigenvalue weighted by Crippen LogP contribution is -2.12. The van der Waals surface area contributed by atoms with Gasteiger partial charge in [-0.25, -0.2) is 9.97 Å². The summed E-state index contributed by atoms with van der Waals surface area (Å²) in [6.07, 6.45) is 0. The second-order valence-electron chi connectivity index (χ2n) is 5.74. The second kappa shape index (κ2) is 6.32. The summed E-state index contributed by atoms with van der Waals surface area (Å²) in [6.45, 7) is 12.5. The van der Waals surface area contributed by atoms with Gasteiger partial charge in [0.15, 0.2) is 0 Å². The molecule has 0 aliphatic carbocycles. The monoisotopic (exact) mass is 323 g/mol. The molecule has 3 nitrogen and oxygen atoms in total. The first-order valence-corrected chi connectivity index (χ1v) is 8.36. The van der Waals surface area contributed by atoms with E-state index in [4.69, 9.17) is 11.6 Å². The number of nitrogens with zero attached hydrogens (tertiary/aromatic N) is 2. The van der Waals surface area contributed by atoms with E-state index in [0.29, 0.717) is 5.15 Å². The number of nitrogens with one attached hydrogen (secondary N) is 1. The summed E-state index contributed by atoms with van der Waals surface area (Å²) in [6, 6.07) is 2.43. The van der Waals surface area contributed by atoms with Crippen LogP contribution in [-0.2, 0) is 0 Å². The molecular weight excluding hydrogens is 302 g/mol. The highest BCUT2D eigenvalue weighted by atomic mass is 35.5. The highest BCUT2D eigenvalue weighted by Gasteiger charge is 2.16. The lowest BCUT2D eigenvalue weighted by atomic mass is 10.1. The number of halogens is 1. The molecule has 114 valence electrons. The zero-order valence-electron chi connectivity index (χ0n) is 13.4. The van der Waals surface area contributed by atoms with E-state index in [1.165, 1.54) is 15.3 Å². The van der Waals surface area contributed by atoms with Crippen molar-refractivity contribution < 1.29 is 0 Å². The van der Waals surface area contributed by atoms with Crippen LogP contribution in [0.5, 0.6) is 0 Å². The minimum absolute atomic E-state index is 0.194. The van der Waals surface area contributed by atoms with Crippen LogP contribution >= 0.6 is 22.9 Å². The highest BCUT2D eigenvalue weighted by Crippen LogP contribution is 2.30. The van der Waals surface area contributed by atoms with Gasteiger partial charge in [-0.05, 0) is 39.3 Å². The quantitative estimate of drug-likeness (QED) is 0.764. The predicted molar refractivity (Wildman–Crippen MR) is 91.7 cm³/mol. The summed E-state index contributed by atoms with van der Waals surface area (Å²) in [5.74, 6) is 1.86. The van der Waals surface area contributed by atoms with Gasteiger partial charge in [0, 0.05) is 21.2 Å². The molecule has 1 N–H and O–H groups in total. The standard InChI is InChI=1S/C16H22ClN3S/c1-8(2)15-19-14(17)10(4)16(20-15)18-11(5)13-7-9(3)21-12(13)6/h7-8,11H,1-6H3,(H,18,19,20). The van der Waals surface area contributed by atoms with Crippen molar-refractivity contribution in [1.29, 1.82) is 0 Å². The van der Waals surface area contributed by atoms with Crippen LogP contribution in [0.2, 0.25) is 5.15 Å². The number of thiophene rings is 1. The first kappa shape index (κ1) is 16.2. The molecule has 0 saturated carbocycles. The highest BCUT2D eigenvalue weighted by molar-refractivity contribution is 7.12. The molecule has 0 saturated heterocycles. The average Bonchev–Trinajstić information content (AvgIpc) is 2.73.